The lowest BCUT2D eigenvalue weighted by Gasteiger charge is -2.45. The number of aliphatic carboxylic acids is 1. The topological polar surface area (TPSA) is 61.8 Å². The number of carboxylic acids is 1. The fourth-order valence-electron chi connectivity index (χ4n) is 5.42. The summed E-state index contributed by atoms with van der Waals surface area (Å²) in [5.74, 6) is -2.67. The van der Waals surface area contributed by atoms with Crippen molar-refractivity contribution in [2.45, 2.75) is 56.2 Å². The molecule has 0 radical (unpaired) electrons. The number of carbonyl (C=O) groups is 1. The van der Waals surface area contributed by atoms with Gasteiger partial charge in [-0.25, -0.2) is 4.39 Å². The Hall–Kier alpha value is -2.51. The van der Waals surface area contributed by atoms with Crippen LogP contribution in [0.4, 0.5) is 8.78 Å². The number of carboxylic acid groups (broad SMARTS) is 1. The molecule has 178 valence electrons. The van der Waals surface area contributed by atoms with Crippen LogP contribution in [0.15, 0.2) is 42.5 Å². The molecule has 1 saturated carbocycles. The molecule has 2 aliphatic rings. The fourth-order valence-corrected chi connectivity index (χ4v) is 5.42. The van der Waals surface area contributed by atoms with Gasteiger partial charge in [0.2, 0.25) is 5.82 Å². The minimum Gasteiger partial charge on any atom is -0.486 e. The predicted molar refractivity (Wildman–Crippen MR) is 122 cm³/mol. The Labute approximate surface area is 193 Å². The zero-order chi connectivity index (χ0) is 23.6. The lowest BCUT2D eigenvalue weighted by atomic mass is 9.70. The Morgan fingerprint density at radius 1 is 1.18 bits per heavy atom. The highest BCUT2D eigenvalue weighted by Gasteiger charge is 2.38. The van der Waals surface area contributed by atoms with Crippen LogP contribution in [0.2, 0.25) is 0 Å². The zero-order valence-corrected chi connectivity index (χ0v) is 19.2. The van der Waals surface area contributed by atoms with E-state index in [-0.39, 0.29) is 24.3 Å². The van der Waals surface area contributed by atoms with Gasteiger partial charge in [0.25, 0.3) is 0 Å². The fraction of sp³-hybridized carbons (Fsp3) is 0.500. The normalized spacial score (nSPS) is 27.6. The molecule has 33 heavy (non-hydrogen) atoms. The van der Waals surface area contributed by atoms with Crippen molar-refractivity contribution in [3.05, 3.63) is 65.2 Å². The molecule has 0 aromatic heterocycles. The van der Waals surface area contributed by atoms with E-state index in [1.165, 1.54) is 11.6 Å². The van der Waals surface area contributed by atoms with Crippen LogP contribution < -0.4 is 10.1 Å². The minimum absolute atomic E-state index is 0.00374. The second kappa shape index (κ2) is 9.77. The predicted octanol–water partition coefficient (Wildman–Crippen LogP) is 4.35. The second-order valence-corrected chi connectivity index (χ2v) is 9.60. The van der Waals surface area contributed by atoms with E-state index in [2.05, 4.69) is 48.6 Å². The molecule has 4 rings (SSSR count). The summed E-state index contributed by atoms with van der Waals surface area (Å²) in [5.41, 5.74) is 2.03. The molecule has 2 atom stereocenters. The Morgan fingerprint density at radius 3 is 2.48 bits per heavy atom. The molecule has 7 heteroatoms. The van der Waals surface area contributed by atoms with Crippen LogP contribution in [-0.4, -0.2) is 48.8 Å². The number of nitrogens with one attached hydrogen (secondary N) is 1. The Kier molecular flexibility index (Phi) is 7.00. The van der Waals surface area contributed by atoms with Crippen LogP contribution in [0, 0.1) is 17.6 Å². The minimum atomic E-state index is -1.02. The van der Waals surface area contributed by atoms with Gasteiger partial charge < -0.3 is 15.2 Å². The highest BCUT2D eigenvalue weighted by atomic mass is 19.2. The van der Waals surface area contributed by atoms with E-state index >= 15 is 0 Å². The summed E-state index contributed by atoms with van der Waals surface area (Å²) >= 11 is 0. The number of hydrogen-bond donors (Lipinski definition) is 2. The number of nitrogens with zero attached hydrogens (tertiary/aromatic N) is 1. The van der Waals surface area contributed by atoms with Crippen LogP contribution >= 0.6 is 0 Å². The van der Waals surface area contributed by atoms with Crippen LogP contribution in [0.3, 0.4) is 0 Å². The Morgan fingerprint density at radius 2 is 1.88 bits per heavy atom. The lowest BCUT2D eigenvalue weighted by molar-refractivity contribution is -0.139. The van der Waals surface area contributed by atoms with Crippen molar-refractivity contribution in [3.63, 3.8) is 0 Å². The highest BCUT2D eigenvalue weighted by molar-refractivity contribution is 5.73. The third kappa shape index (κ3) is 5.04. The third-order valence-corrected chi connectivity index (χ3v) is 7.36. The third-order valence-electron chi connectivity index (χ3n) is 7.36. The van der Waals surface area contributed by atoms with Gasteiger partial charge in [0.1, 0.15) is 12.1 Å². The Balaban J connectivity index is 1.43. The van der Waals surface area contributed by atoms with E-state index < -0.39 is 29.7 Å². The van der Waals surface area contributed by atoms with Crippen molar-refractivity contribution >= 4 is 5.97 Å². The second-order valence-electron chi connectivity index (χ2n) is 9.60. The van der Waals surface area contributed by atoms with Crippen LogP contribution in [0.1, 0.15) is 43.2 Å². The number of hydrogen-bond acceptors (Lipinski definition) is 4. The quantitative estimate of drug-likeness (QED) is 0.646. The summed E-state index contributed by atoms with van der Waals surface area (Å²) < 4.78 is 34.4. The molecule has 0 bridgehead atoms. The van der Waals surface area contributed by atoms with Gasteiger partial charge in [-0.1, -0.05) is 30.3 Å². The lowest BCUT2D eigenvalue weighted by Crippen LogP contribution is -2.44. The van der Waals surface area contributed by atoms with E-state index in [9.17, 15) is 13.6 Å². The van der Waals surface area contributed by atoms with E-state index in [0.29, 0.717) is 17.9 Å². The molecule has 0 amide bonds. The SMILES string of the molecule is CN(C)[C@]1(c2ccccc2)CC[C@@H](Cc2cc(F)c(F)c(O[C@@H]3CN[C@H](C(=O)O)C3)c2)CC1. The first-order valence-electron chi connectivity index (χ1n) is 11.6. The van der Waals surface area contributed by atoms with Crippen molar-refractivity contribution in [2.24, 2.45) is 5.92 Å². The van der Waals surface area contributed by atoms with Gasteiger partial charge in [-0.3, -0.25) is 9.69 Å². The standard InChI is InChI=1S/C26H32F2N2O3/c1-30(2)26(19-6-4-3-5-7-19)10-8-17(9-11-26)12-18-13-21(27)24(28)23(14-18)33-20-15-22(25(31)32)29-16-20/h3-7,13-14,17,20,22,29H,8-12,15-16H2,1-2H3,(H,31,32)/t17-,20-,22-,26-/m0/s1. The summed E-state index contributed by atoms with van der Waals surface area (Å²) in [7, 11) is 4.25. The summed E-state index contributed by atoms with van der Waals surface area (Å²) in [5, 5.41) is 11.9. The highest BCUT2D eigenvalue weighted by Crippen LogP contribution is 2.44. The van der Waals surface area contributed by atoms with E-state index in [1.807, 2.05) is 6.07 Å². The number of ether oxygens (including phenoxy) is 1. The number of halogens is 2. The van der Waals surface area contributed by atoms with Gasteiger partial charge in [-0.05, 0) is 75.4 Å². The molecule has 5 nitrogen and oxygen atoms in total. The van der Waals surface area contributed by atoms with Gasteiger partial charge in [0.15, 0.2) is 11.6 Å². The molecular formula is C26H32F2N2O3. The molecule has 2 N–H and O–H groups in total. The van der Waals surface area contributed by atoms with Crippen molar-refractivity contribution < 1.29 is 23.4 Å². The van der Waals surface area contributed by atoms with Gasteiger partial charge in [-0.15, -0.1) is 0 Å². The van der Waals surface area contributed by atoms with Gasteiger partial charge in [0.05, 0.1) is 0 Å². The van der Waals surface area contributed by atoms with E-state index in [4.69, 9.17) is 9.84 Å². The molecule has 1 saturated heterocycles. The van der Waals surface area contributed by atoms with Crippen LogP contribution in [0.5, 0.6) is 5.75 Å². The molecule has 2 aromatic rings. The molecule has 1 heterocycles. The number of benzene rings is 2. The maximum atomic E-state index is 14.4. The van der Waals surface area contributed by atoms with Gasteiger partial charge in [0, 0.05) is 18.5 Å². The Bertz CT molecular complexity index is 975. The monoisotopic (exact) mass is 458 g/mol. The molecular weight excluding hydrogens is 426 g/mol. The molecule has 2 aromatic carbocycles. The maximum absolute atomic E-state index is 14.4. The maximum Gasteiger partial charge on any atom is 0.320 e. The molecule has 0 unspecified atom stereocenters. The summed E-state index contributed by atoms with van der Waals surface area (Å²) in [4.78, 5) is 13.4. The molecule has 1 aliphatic heterocycles. The van der Waals surface area contributed by atoms with Crippen LogP contribution in [0.25, 0.3) is 0 Å². The first-order valence-corrected chi connectivity index (χ1v) is 11.6. The first kappa shape index (κ1) is 23.6. The summed E-state index contributed by atoms with van der Waals surface area (Å²) in [6.07, 6.45) is 4.38. The average Bonchev–Trinajstić information content (AvgIpc) is 3.27. The van der Waals surface area contributed by atoms with Crippen molar-refractivity contribution in [1.82, 2.24) is 10.2 Å². The largest absolute Gasteiger partial charge is 0.486 e. The van der Waals surface area contributed by atoms with Crippen LogP contribution in [-0.2, 0) is 16.8 Å². The molecule has 0 spiro atoms. The van der Waals surface area contributed by atoms with Gasteiger partial charge in [-0.2, -0.15) is 4.39 Å². The smallest absolute Gasteiger partial charge is 0.320 e. The molecule has 1 aliphatic carbocycles. The zero-order valence-electron chi connectivity index (χ0n) is 19.2. The first-order chi connectivity index (χ1) is 15.8. The van der Waals surface area contributed by atoms with Gasteiger partial charge >= 0.3 is 5.97 Å². The van der Waals surface area contributed by atoms with Crippen molar-refractivity contribution in [2.75, 3.05) is 20.6 Å². The van der Waals surface area contributed by atoms with E-state index in [0.717, 1.165) is 25.7 Å². The van der Waals surface area contributed by atoms with E-state index in [1.54, 1.807) is 6.07 Å². The number of rotatable bonds is 7. The summed E-state index contributed by atoms with van der Waals surface area (Å²) in [6.45, 7) is 0.289. The average molecular weight is 459 g/mol. The van der Waals surface area contributed by atoms with Crippen molar-refractivity contribution in [3.8, 4) is 5.75 Å². The molecule has 2 fully saturated rings. The van der Waals surface area contributed by atoms with Crippen molar-refractivity contribution in [1.29, 1.82) is 0 Å². The summed E-state index contributed by atoms with van der Waals surface area (Å²) in [6, 6.07) is 12.7.